The predicted octanol–water partition coefficient (Wildman–Crippen LogP) is 2.30. The lowest BCUT2D eigenvalue weighted by atomic mass is 9.89. The van der Waals surface area contributed by atoms with E-state index in [9.17, 15) is 18.0 Å². The summed E-state index contributed by atoms with van der Waals surface area (Å²) in [5.74, 6) is -0.808. The Morgan fingerprint density at radius 3 is 2.35 bits per heavy atom. The second-order valence-corrected chi connectivity index (χ2v) is 9.72. The molecule has 0 aromatic heterocycles. The summed E-state index contributed by atoms with van der Waals surface area (Å²) in [5.41, 5.74) is 0.766. The van der Waals surface area contributed by atoms with Crippen molar-refractivity contribution < 1.29 is 22.7 Å². The van der Waals surface area contributed by atoms with E-state index in [0.29, 0.717) is 12.0 Å². The Labute approximate surface area is 182 Å². The van der Waals surface area contributed by atoms with E-state index in [1.54, 1.807) is 30.0 Å². The zero-order chi connectivity index (χ0) is 22.1. The molecule has 7 nitrogen and oxygen atoms in total. The van der Waals surface area contributed by atoms with E-state index in [1.807, 2.05) is 42.5 Å². The summed E-state index contributed by atoms with van der Waals surface area (Å²) in [7, 11) is -3.59. The molecule has 31 heavy (non-hydrogen) atoms. The Hall–Kier alpha value is -2.97. The third kappa shape index (κ3) is 4.40. The van der Waals surface area contributed by atoms with Gasteiger partial charge in [0.15, 0.2) is 5.60 Å². The molecule has 0 aliphatic carbocycles. The smallest absolute Gasteiger partial charge is 0.339 e. The first-order valence-corrected chi connectivity index (χ1v) is 11.6. The molecule has 1 fully saturated rings. The fourth-order valence-corrected chi connectivity index (χ4v) is 5.12. The average molecular weight is 441 g/mol. The van der Waals surface area contributed by atoms with Gasteiger partial charge in [-0.1, -0.05) is 48.5 Å². The number of esters is 1. The van der Waals surface area contributed by atoms with E-state index in [1.165, 1.54) is 9.71 Å². The number of rotatable bonds is 4. The van der Waals surface area contributed by atoms with Crippen LogP contribution in [-0.2, 0) is 26.0 Å². The lowest BCUT2D eigenvalue weighted by molar-refractivity contribution is -0.152. The number of benzene rings is 2. The molecule has 0 radical (unpaired) electrons. The van der Waals surface area contributed by atoms with Gasteiger partial charge >= 0.3 is 5.97 Å². The molecule has 1 atom stereocenters. The Morgan fingerprint density at radius 1 is 1.00 bits per heavy atom. The molecule has 0 spiro atoms. The number of carbonyl (C=O) groups excluding carboxylic acids is 2. The van der Waals surface area contributed by atoms with E-state index in [-0.39, 0.29) is 32.1 Å². The zero-order valence-corrected chi connectivity index (χ0v) is 18.0. The van der Waals surface area contributed by atoms with Crippen LogP contribution in [0.5, 0.6) is 0 Å². The van der Waals surface area contributed by atoms with Crippen molar-refractivity contribution in [1.29, 1.82) is 0 Å². The topological polar surface area (TPSA) is 84.0 Å². The molecule has 0 bridgehead atoms. The van der Waals surface area contributed by atoms with E-state index >= 15 is 0 Å². The summed E-state index contributed by atoms with van der Waals surface area (Å²) in [6, 6.07) is 16.3. The first kappa shape index (κ1) is 21.3. The average Bonchev–Trinajstić information content (AvgIpc) is 2.78. The number of hydrogen-bond acceptors (Lipinski definition) is 5. The summed E-state index contributed by atoms with van der Waals surface area (Å²) < 4.78 is 32.2. The van der Waals surface area contributed by atoms with Crippen LogP contribution in [0.3, 0.4) is 0 Å². The van der Waals surface area contributed by atoms with Crippen LogP contribution in [0.4, 0.5) is 0 Å². The van der Waals surface area contributed by atoms with Gasteiger partial charge in [0.25, 0.3) is 5.91 Å². The quantitative estimate of drug-likeness (QED) is 0.682. The van der Waals surface area contributed by atoms with Gasteiger partial charge in [0.2, 0.25) is 10.0 Å². The molecule has 1 saturated heterocycles. The number of cyclic esters (lactones) is 1. The van der Waals surface area contributed by atoms with Crippen LogP contribution in [0, 0.1) is 0 Å². The second-order valence-electron chi connectivity index (χ2n) is 7.90. The first-order chi connectivity index (χ1) is 14.8. The van der Waals surface area contributed by atoms with E-state index in [2.05, 4.69) is 0 Å². The highest BCUT2D eigenvalue weighted by Crippen LogP contribution is 2.30. The molecule has 2 aromatic rings. The highest BCUT2D eigenvalue weighted by molar-refractivity contribution is 7.92. The van der Waals surface area contributed by atoms with Gasteiger partial charge in [-0.25, -0.2) is 13.2 Å². The summed E-state index contributed by atoms with van der Waals surface area (Å²) in [6.07, 6.45) is 1.86. The largest absolute Gasteiger partial charge is 0.445 e. The summed E-state index contributed by atoms with van der Waals surface area (Å²) in [6.45, 7) is 2.48. The second kappa shape index (κ2) is 8.28. The van der Waals surface area contributed by atoms with Crippen molar-refractivity contribution in [2.45, 2.75) is 18.9 Å². The SMILES string of the molecule is CC1(C(=O)N2CCN(S(=O)(=O)/C=C/c3ccccc3)CC2)Cc2ccccc2C(=O)O1. The van der Waals surface area contributed by atoms with Crippen molar-refractivity contribution in [3.63, 3.8) is 0 Å². The van der Waals surface area contributed by atoms with Crippen molar-refractivity contribution >= 4 is 28.0 Å². The zero-order valence-electron chi connectivity index (χ0n) is 17.2. The molecule has 2 heterocycles. The summed E-state index contributed by atoms with van der Waals surface area (Å²) in [4.78, 5) is 27.1. The fraction of sp³-hybridized carbons (Fsp3) is 0.304. The van der Waals surface area contributed by atoms with Gasteiger partial charge in [-0.2, -0.15) is 4.31 Å². The molecular formula is C23H24N2O5S. The van der Waals surface area contributed by atoms with Crippen LogP contribution in [0.15, 0.2) is 60.0 Å². The lowest BCUT2D eigenvalue weighted by Gasteiger charge is -2.40. The van der Waals surface area contributed by atoms with Gasteiger partial charge in [0, 0.05) is 38.0 Å². The first-order valence-electron chi connectivity index (χ1n) is 10.1. The van der Waals surface area contributed by atoms with E-state index in [0.717, 1.165) is 11.1 Å². The Morgan fingerprint density at radius 2 is 1.65 bits per heavy atom. The minimum atomic E-state index is -3.59. The third-order valence-corrected chi connectivity index (χ3v) is 7.22. The van der Waals surface area contributed by atoms with Gasteiger partial charge in [-0.15, -0.1) is 0 Å². The van der Waals surface area contributed by atoms with Crippen molar-refractivity contribution in [2.24, 2.45) is 0 Å². The minimum Gasteiger partial charge on any atom is -0.445 e. The van der Waals surface area contributed by atoms with Gasteiger partial charge in [0.1, 0.15) is 0 Å². The van der Waals surface area contributed by atoms with Gasteiger partial charge in [0.05, 0.1) is 5.56 Å². The maximum absolute atomic E-state index is 13.2. The molecule has 2 aliphatic heterocycles. The number of sulfonamides is 1. The fourth-order valence-electron chi connectivity index (χ4n) is 3.95. The summed E-state index contributed by atoms with van der Waals surface area (Å²) in [5, 5.41) is 1.20. The summed E-state index contributed by atoms with van der Waals surface area (Å²) >= 11 is 0. The molecule has 1 amide bonds. The molecular weight excluding hydrogens is 416 g/mol. The monoisotopic (exact) mass is 440 g/mol. The third-order valence-electron chi connectivity index (χ3n) is 5.65. The molecule has 2 aromatic carbocycles. The highest BCUT2D eigenvalue weighted by atomic mass is 32.2. The minimum absolute atomic E-state index is 0.188. The maximum atomic E-state index is 13.2. The van der Waals surface area contributed by atoms with Crippen LogP contribution in [0.2, 0.25) is 0 Å². The number of nitrogens with zero attached hydrogens (tertiary/aromatic N) is 2. The Kier molecular flexibility index (Phi) is 5.68. The molecule has 4 rings (SSSR count). The lowest BCUT2D eigenvalue weighted by Crippen LogP contribution is -2.58. The van der Waals surface area contributed by atoms with Crippen LogP contribution in [0.1, 0.15) is 28.4 Å². The number of fused-ring (bicyclic) bond motifs is 1. The van der Waals surface area contributed by atoms with Crippen LogP contribution >= 0.6 is 0 Å². The number of amides is 1. The van der Waals surface area contributed by atoms with Crippen molar-refractivity contribution in [2.75, 3.05) is 26.2 Å². The van der Waals surface area contributed by atoms with Crippen molar-refractivity contribution in [3.05, 3.63) is 76.7 Å². The number of ether oxygens (including phenoxy) is 1. The van der Waals surface area contributed by atoms with Crippen molar-refractivity contribution in [1.82, 2.24) is 9.21 Å². The van der Waals surface area contributed by atoms with Gasteiger partial charge < -0.3 is 9.64 Å². The molecule has 8 heteroatoms. The van der Waals surface area contributed by atoms with E-state index < -0.39 is 21.6 Å². The maximum Gasteiger partial charge on any atom is 0.339 e. The normalized spacial score (nSPS) is 22.2. The number of hydrogen-bond donors (Lipinski definition) is 0. The van der Waals surface area contributed by atoms with Crippen molar-refractivity contribution in [3.8, 4) is 0 Å². The number of piperazine rings is 1. The molecule has 0 saturated carbocycles. The molecule has 162 valence electrons. The van der Waals surface area contributed by atoms with E-state index in [4.69, 9.17) is 4.74 Å². The Bertz CT molecular complexity index is 1120. The standard InChI is InChI=1S/C23H24N2O5S/c1-23(17-19-9-5-6-10-20(19)21(26)30-23)22(27)24-12-14-25(15-13-24)31(28,29)16-11-18-7-3-2-4-8-18/h2-11,16H,12-15,17H2,1H3/b16-11+. The molecule has 2 aliphatic rings. The molecule has 0 N–H and O–H groups in total. The predicted molar refractivity (Wildman–Crippen MR) is 117 cm³/mol. The van der Waals surface area contributed by atoms with Crippen LogP contribution in [0.25, 0.3) is 6.08 Å². The van der Waals surface area contributed by atoms with Gasteiger partial charge in [-0.05, 0) is 30.2 Å². The molecule has 1 unspecified atom stereocenters. The Balaban J connectivity index is 1.41. The highest BCUT2D eigenvalue weighted by Gasteiger charge is 2.45. The van der Waals surface area contributed by atoms with Gasteiger partial charge in [-0.3, -0.25) is 4.79 Å². The van der Waals surface area contributed by atoms with Crippen LogP contribution in [-0.4, -0.2) is 61.3 Å². The van der Waals surface area contributed by atoms with Crippen LogP contribution < -0.4 is 0 Å². The number of carbonyl (C=O) groups is 2.